The van der Waals surface area contributed by atoms with E-state index in [0.29, 0.717) is 17.9 Å². The molecule has 2 aromatic rings. The number of hydrogen-bond acceptors (Lipinski definition) is 7. The summed E-state index contributed by atoms with van der Waals surface area (Å²) in [5.41, 5.74) is 6.59. The van der Waals surface area contributed by atoms with Gasteiger partial charge < -0.3 is 20.9 Å². The van der Waals surface area contributed by atoms with Crippen LogP contribution in [0.4, 0.5) is 11.5 Å². The maximum absolute atomic E-state index is 12.8. The van der Waals surface area contributed by atoms with Gasteiger partial charge in [0.1, 0.15) is 6.54 Å². The quantitative estimate of drug-likeness (QED) is 0.331. The Labute approximate surface area is 167 Å². The topological polar surface area (TPSA) is 137 Å². The summed E-state index contributed by atoms with van der Waals surface area (Å²) in [7, 11) is 0. The van der Waals surface area contributed by atoms with Gasteiger partial charge in [0.25, 0.3) is 5.56 Å². The van der Waals surface area contributed by atoms with Gasteiger partial charge in [-0.15, -0.1) is 0 Å². The lowest BCUT2D eigenvalue weighted by molar-refractivity contribution is -0.137. The number of ether oxygens (including phenoxy) is 1. The third-order valence-electron chi connectivity index (χ3n) is 4.48. The van der Waals surface area contributed by atoms with Crippen LogP contribution in [-0.2, 0) is 16.1 Å². The summed E-state index contributed by atoms with van der Waals surface area (Å²) < 4.78 is 6.33. The van der Waals surface area contributed by atoms with Crippen LogP contribution in [-0.4, -0.2) is 39.2 Å². The highest BCUT2D eigenvalue weighted by molar-refractivity contribution is 5.92. The summed E-state index contributed by atoms with van der Waals surface area (Å²) in [6, 6.07) is 4.75. The predicted octanol–water partition coefficient (Wildman–Crippen LogP) is 2.11. The van der Waals surface area contributed by atoms with Crippen molar-refractivity contribution in [1.82, 2.24) is 9.55 Å². The molecule has 0 unspecified atom stereocenters. The second kappa shape index (κ2) is 8.76. The molecule has 154 valence electrons. The summed E-state index contributed by atoms with van der Waals surface area (Å²) in [4.78, 5) is 40.6. The lowest BCUT2D eigenvalue weighted by Gasteiger charge is -2.14. The standard InChI is InChI=1S/C20H24N4O5/c1-2-3-6-29-20(28)13-7-12(8-14(21)9-13)16-10-22-18(23-15-4-5-15)19(27)24(16)11-17(25)26/h7-10,15H,2-6,11,21H2,1H3,(H,22,23)(H,25,26). The molecule has 4 N–H and O–H groups in total. The average molecular weight is 400 g/mol. The molecule has 0 radical (unpaired) electrons. The molecule has 1 fully saturated rings. The van der Waals surface area contributed by atoms with Crippen molar-refractivity contribution in [1.29, 1.82) is 0 Å². The zero-order valence-electron chi connectivity index (χ0n) is 16.2. The van der Waals surface area contributed by atoms with Gasteiger partial charge in [-0.05, 0) is 37.5 Å². The molecule has 1 saturated carbocycles. The highest BCUT2D eigenvalue weighted by Crippen LogP contribution is 2.25. The molecular formula is C20H24N4O5. The Bertz CT molecular complexity index is 981. The Kier molecular flexibility index (Phi) is 6.16. The number of rotatable bonds is 9. The van der Waals surface area contributed by atoms with E-state index in [4.69, 9.17) is 10.5 Å². The van der Waals surface area contributed by atoms with E-state index in [1.807, 2.05) is 6.92 Å². The lowest BCUT2D eigenvalue weighted by atomic mass is 10.1. The molecule has 1 aliphatic rings. The molecule has 9 nitrogen and oxygen atoms in total. The van der Waals surface area contributed by atoms with Crippen LogP contribution in [0.15, 0.2) is 29.2 Å². The summed E-state index contributed by atoms with van der Waals surface area (Å²) in [6.07, 6.45) is 4.94. The number of unbranched alkanes of at least 4 members (excludes halogenated alkanes) is 1. The van der Waals surface area contributed by atoms with Crippen molar-refractivity contribution in [2.75, 3.05) is 17.7 Å². The molecule has 1 aromatic heterocycles. The molecule has 0 aliphatic heterocycles. The number of carbonyl (C=O) groups excluding carboxylic acids is 1. The SMILES string of the molecule is CCCCOC(=O)c1cc(N)cc(-c2cnc(NC3CC3)c(=O)n2CC(=O)O)c1. The molecule has 29 heavy (non-hydrogen) atoms. The van der Waals surface area contributed by atoms with Crippen molar-refractivity contribution in [2.24, 2.45) is 0 Å². The number of carbonyl (C=O) groups is 2. The fourth-order valence-electron chi connectivity index (χ4n) is 2.84. The van der Waals surface area contributed by atoms with E-state index >= 15 is 0 Å². The van der Waals surface area contributed by atoms with E-state index < -0.39 is 24.0 Å². The van der Waals surface area contributed by atoms with Crippen LogP contribution >= 0.6 is 0 Å². The number of aromatic nitrogens is 2. The van der Waals surface area contributed by atoms with Crippen molar-refractivity contribution >= 4 is 23.4 Å². The number of anilines is 2. The van der Waals surface area contributed by atoms with Crippen LogP contribution in [0.1, 0.15) is 43.0 Å². The van der Waals surface area contributed by atoms with Crippen LogP contribution in [0.2, 0.25) is 0 Å². The summed E-state index contributed by atoms with van der Waals surface area (Å²) >= 11 is 0. The molecule has 3 rings (SSSR count). The minimum Gasteiger partial charge on any atom is -0.480 e. The fraction of sp³-hybridized carbons (Fsp3) is 0.400. The van der Waals surface area contributed by atoms with Gasteiger partial charge in [-0.2, -0.15) is 0 Å². The Balaban J connectivity index is 2.00. The Morgan fingerprint density at radius 2 is 2.10 bits per heavy atom. The van der Waals surface area contributed by atoms with E-state index in [1.165, 1.54) is 18.3 Å². The summed E-state index contributed by atoms with van der Waals surface area (Å²) in [6.45, 7) is 1.75. The summed E-state index contributed by atoms with van der Waals surface area (Å²) in [5, 5.41) is 12.3. The molecule has 0 amide bonds. The number of nitrogens with two attached hydrogens (primary N) is 1. The molecule has 0 bridgehead atoms. The first-order valence-corrected chi connectivity index (χ1v) is 9.55. The zero-order valence-corrected chi connectivity index (χ0v) is 16.2. The Morgan fingerprint density at radius 1 is 1.34 bits per heavy atom. The third-order valence-corrected chi connectivity index (χ3v) is 4.48. The minimum absolute atomic E-state index is 0.112. The van der Waals surface area contributed by atoms with Gasteiger partial charge in [0.05, 0.1) is 24.1 Å². The summed E-state index contributed by atoms with van der Waals surface area (Å²) in [5.74, 6) is -1.58. The zero-order chi connectivity index (χ0) is 21.0. The van der Waals surface area contributed by atoms with E-state index in [0.717, 1.165) is 30.3 Å². The minimum atomic E-state index is -1.17. The van der Waals surface area contributed by atoms with Gasteiger partial charge in [-0.3, -0.25) is 14.2 Å². The van der Waals surface area contributed by atoms with E-state index in [2.05, 4.69) is 10.3 Å². The first-order valence-electron chi connectivity index (χ1n) is 9.55. The van der Waals surface area contributed by atoms with Crippen molar-refractivity contribution in [3.8, 4) is 11.3 Å². The van der Waals surface area contributed by atoms with Crippen LogP contribution in [0.3, 0.4) is 0 Å². The van der Waals surface area contributed by atoms with Crippen LogP contribution < -0.4 is 16.6 Å². The van der Waals surface area contributed by atoms with E-state index in [9.17, 15) is 19.5 Å². The molecule has 0 saturated heterocycles. The predicted molar refractivity (Wildman–Crippen MR) is 108 cm³/mol. The van der Waals surface area contributed by atoms with Crippen LogP contribution in [0, 0.1) is 0 Å². The van der Waals surface area contributed by atoms with Crippen LogP contribution in [0.25, 0.3) is 11.3 Å². The molecule has 0 atom stereocenters. The van der Waals surface area contributed by atoms with Crippen molar-refractivity contribution in [2.45, 2.75) is 45.2 Å². The number of hydrogen-bond donors (Lipinski definition) is 3. The smallest absolute Gasteiger partial charge is 0.338 e. The average Bonchev–Trinajstić information content (AvgIpc) is 3.48. The molecule has 1 heterocycles. The highest BCUT2D eigenvalue weighted by Gasteiger charge is 2.24. The first kappa shape index (κ1) is 20.4. The second-order valence-electron chi connectivity index (χ2n) is 7.03. The van der Waals surface area contributed by atoms with E-state index in [-0.39, 0.29) is 23.1 Å². The van der Waals surface area contributed by atoms with Crippen molar-refractivity contribution in [3.05, 3.63) is 40.3 Å². The van der Waals surface area contributed by atoms with Crippen molar-refractivity contribution in [3.63, 3.8) is 0 Å². The van der Waals surface area contributed by atoms with E-state index in [1.54, 1.807) is 6.07 Å². The maximum atomic E-state index is 12.8. The van der Waals surface area contributed by atoms with Gasteiger partial charge in [0.2, 0.25) is 0 Å². The van der Waals surface area contributed by atoms with Crippen molar-refractivity contribution < 1.29 is 19.4 Å². The van der Waals surface area contributed by atoms with Crippen LogP contribution in [0.5, 0.6) is 0 Å². The number of carboxylic acid groups (broad SMARTS) is 1. The third kappa shape index (κ3) is 5.13. The number of nitrogen functional groups attached to an aromatic ring is 1. The first-order chi connectivity index (χ1) is 13.9. The lowest BCUT2D eigenvalue weighted by Crippen LogP contribution is -2.29. The largest absolute Gasteiger partial charge is 0.480 e. The van der Waals surface area contributed by atoms with Gasteiger partial charge in [-0.1, -0.05) is 13.3 Å². The second-order valence-corrected chi connectivity index (χ2v) is 7.03. The fourth-order valence-corrected chi connectivity index (χ4v) is 2.84. The Morgan fingerprint density at radius 3 is 2.76 bits per heavy atom. The maximum Gasteiger partial charge on any atom is 0.338 e. The number of carboxylic acids is 1. The number of benzene rings is 1. The number of nitrogens with zero attached hydrogens (tertiary/aromatic N) is 2. The number of aliphatic carboxylic acids is 1. The van der Waals surface area contributed by atoms with Gasteiger partial charge in [-0.25, -0.2) is 9.78 Å². The Hall–Kier alpha value is -3.36. The highest BCUT2D eigenvalue weighted by atomic mass is 16.5. The molecule has 1 aliphatic carbocycles. The van der Waals surface area contributed by atoms with Gasteiger partial charge in [0, 0.05) is 17.3 Å². The molecule has 1 aromatic carbocycles. The van der Waals surface area contributed by atoms with Gasteiger partial charge in [0.15, 0.2) is 5.82 Å². The molecule has 9 heteroatoms. The van der Waals surface area contributed by atoms with Gasteiger partial charge >= 0.3 is 11.9 Å². The number of esters is 1. The normalized spacial score (nSPS) is 13.1. The number of nitrogens with one attached hydrogen (secondary N) is 1. The monoisotopic (exact) mass is 400 g/mol. The molecule has 0 spiro atoms. The molecular weight excluding hydrogens is 376 g/mol.